The number of benzene rings is 1. The number of alkyl halides is 2. The van der Waals surface area contributed by atoms with Crippen molar-refractivity contribution in [3.8, 4) is 11.1 Å². The lowest BCUT2D eigenvalue weighted by atomic mass is 10.3. The molecule has 0 aromatic rings. The summed E-state index contributed by atoms with van der Waals surface area (Å²) in [6.45, 7) is 1.08. The minimum Gasteiger partial charge on any atom is -0.481 e. The van der Waals surface area contributed by atoms with Crippen LogP contribution in [0.3, 0.4) is 0 Å². The van der Waals surface area contributed by atoms with Crippen molar-refractivity contribution >= 4 is 5.97 Å². The Hall–Kier alpha value is -1.45. The van der Waals surface area contributed by atoms with Gasteiger partial charge in [-0.1, -0.05) is 0 Å². The number of carbonyl (C=O) groups is 1. The van der Waals surface area contributed by atoms with E-state index in [1.54, 1.807) is 0 Å². The minimum atomic E-state index is -2.30. The van der Waals surface area contributed by atoms with Gasteiger partial charge in [-0.3, -0.25) is 4.79 Å². The number of carboxylic acid groups (broad SMARTS) is 1. The maximum Gasteiger partial charge on any atom is 0.300 e. The van der Waals surface area contributed by atoms with E-state index in [0.717, 1.165) is 18.1 Å². The third kappa shape index (κ3) is 2.82. The fourth-order valence-electron chi connectivity index (χ4n) is 0.908. The van der Waals surface area contributed by atoms with Crippen molar-refractivity contribution in [2.24, 2.45) is 0 Å². The normalized spacial score (nSPS) is 10.5. The van der Waals surface area contributed by atoms with Crippen LogP contribution in [0.4, 0.5) is 8.78 Å². The van der Waals surface area contributed by atoms with E-state index >= 15 is 0 Å². The van der Waals surface area contributed by atoms with Gasteiger partial charge in [0.25, 0.3) is 12.4 Å². The Bertz CT molecular complexity index is 310. The molecule has 0 spiro atoms. The molecular weight excluding hydrogens is 178 g/mol. The first-order valence-electron chi connectivity index (χ1n) is 3.63. The van der Waals surface area contributed by atoms with Crippen LogP contribution in [-0.2, 0) is 4.79 Å². The number of hydrogen-bond donors (Lipinski definition) is 1. The highest BCUT2D eigenvalue weighted by atomic mass is 19.3. The first-order valence-corrected chi connectivity index (χ1v) is 3.63. The van der Waals surface area contributed by atoms with Crippen molar-refractivity contribution in [1.82, 2.24) is 0 Å². The molecule has 2 aliphatic carbocycles. The second-order valence-corrected chi connectivity index (χ2v) is 2.66. The Labute approximate surface area is 73.8 Å². The Morgan fingerprint density at radius 3 is 1.92 bits per heavy atom. The number of rotatable bonds is 1. The Kier molecular flexibility index (Phi) is 2.60. The van der Waals surface area contributed by atoms with Gasteiger partial charge in [-0.25, -0.2) is 8.78 Å². The van der Waals surface area contributed by atoms with Gasteiger partial charge in [0.15, 0.2) is 0 Å². The highest BCUT2D eigenvalue weighted by molar-refractivity contribution is 5.82. The molecule has 1 N–H and O–H groups in total. The van der Waals surface area contributed by atoms with Gasteiger partial charge in [-0.2, -0.15) is 0 Å². The lowest BCUT2D eigenvalue weighted by Gasteiger charge is -1.89. The van der Waals surface area contributed by atoms with E-state index in [1.807, 2.05) is 6.07 Å². The molecule has 0 bridgehead atoms. The summed E-state index contributed by atoms with van der Waals surface area (Å²) in [7, 11) is 0. The molecule has 0 unspecified atom stereocenters. The summed E-state index contributed by atoms with van der Waals surface area (Å²) >= 11 is 0. The lowest BCUT2D eigenvalue weighted by molar-refractivity contribution is -0.134. The summed E-state index contributed by atoms with van der Waals surface area (Å²) in [5.41, 5.74) is 2.11. The standard InChI is InChI=1S/C7H4F2.C2H4O2/c8-7(9)6-2-4-1-5(4)3-6;1-2(3)4/h1-3,7H;1H3,(H,3,4). The van der Waals surface area contributed by atoms with Gasteiger partial charge in [0.1, 0.15) is 0 Å². The smallest absolute Gasteiger partial charge is 0.300 e. The fraction of sp³-hybridized carbons (Fsp3) is 0.222. The highest BCUT2D eigenvalue weighted by Crippen LogP contribution is 2.39. The zero-order chi connectivity index (χ0) is 10.0. The van der Waals surface area contributed by atoms with Crippen LogP contribution in [0.2, 0.25) is 0 Å². The lowest BCUT2D eigenvalue weighted by Crippen LogP contribution is -1.78. The van der Waals surface area contributed by atoms with Crippen molar-refractivity contribution in [3.05, 3.63) is 23.8 Å². The van der Waals surface area contributed by atoms with Gasteiger partial charge in [0.2, 0.25) is 0 Å². The zero-order valence-corrected chi connectivity index (χ0v) is 6.92. The average Bonchev–Trinajstić information content (AvgIpc) is 2.57. The summed E-state index contributed by atoms with van der Waals surface area (Å²) in [6, 6.07) is 4.94. The number of aliphatic carboxylic acids is 1. The van der Waals surface area contributed by atoms with E-state index in [4.69, 9.17) is 9.90 Å². The number of carboxylic acids is 1. The molecule has 0 saturated carbocycles. The summed E-state index contributed by atoms with van der Waals surface area (Å²) in [5, 5.41) is 7.42. The number of halogens is 2. The van der Waals surface area contributed by atoms with Crippen LogP contribution >= 0.6 is 0 Å². The van der Waals surface area contributed by atoms with Crippen molar-refractivity contribution in [3.63, 3.8) is 0 Å². The highest BCUT2D eigenvalue weighted by Gasteiger charge is 2.18. The molecule has 70 valence electrons. The van der Waals surface area contributed by atoms with Crippen LogP contribution in [0.5, 0.6) is 0 Å². The molecule has 0 radical (unpaired) electrons. The SMILES string of the molecule is CC(=O)O.FC(F)c1cc2cc-2c1. The second-order valence-electron chi connectivity index (χ2n) is 2.66. The van der Waals surface area contributed by atoms with Crippen LogP contribution in [0.15, 0.2) is 18.2 Å². The first kappa shape index (κ1) is 9.64. The van der Waals surface area contributed by atoms with Crippen molar-refractivity contribution < 1.29 is 18.7 Å². The van der Waals surface area contributed by atoms with E-state index in [9.17, 15) is 8.78 Å². The number of hydrogen-bond acceptors (Lipinski definition) is 1. The van der Waals surface area contributed by atoms with E-state index in [-0.39, 0.29) is 5.56 Å². The average molecular weight is 186 g/mol. The third-order valence-corrected chi connectivity index (χ3v) is 1.46. The largest absolute Gasteiger partial charge is 0.481 e. The van der Waals surface area contributed by atoms with Gasteiger partial charge in [-0.15, -0.1) is 0 Å². The zero-order valence-electron chi connectivity index (χ0n) is 6.92. The molecule has 0 atom stereocenters. The molecule has 0 saturated heterocycles. The third-order valence-electron chi connectivity index (χ3n) is 1.46. The molecule has 0 aromatic heterocycles. The van der Waals surface area contributed by atoms with Crippen molar-refractivity contribution in [2.75, 3.05) is 0 Å². The summed E-state index contributed by atoms with van der Waals surface area (Å²) in [4.78, 5) is 9.00. The predicted molar refractivity (Wildman–Crippen MR) is 43.7 cm³/mol. The molecule has 0 aromatic carbocycles. The van der Waals surface area contributed by atoms with Gasteiger partial charge < -0.3 is 5.11 Å². The van der Waals surface area contributed by atoms with Crippen LogP contribution in [0.1, 0.15) is 18.9 Å². The molecule has 13 heavy (non-hydrogen) atoms. The maximum absolute atomic E-state index is 11.8. The van der Waals surface area contributed by atoms with Crippen molar-refractivity contribution in [1.29, 1.82) is 0 Å². The molecule has 0 aliphatic heterocycles. The number of fused-ring (bicyclic) bond motifs is 1. The Morgan fingerprint density at radius 2 is 1.69 bits per heavy atom. The summed E-state index contributed by atoms with van der Waals surface area (Å²) < 4.78 is 23.6. The molecule has 2 rings (SSSR count). The van der Waals surface area contributed by atoms with Crippen LogP contribution in [-0.4, -0.2) is 11.1 Å². The first-order chi connectivity index (χ1) is 6.00. The molecule has 0 heterocycles. The van der Waals surface area contributed by atoms with Crippen LogP contribution in [0.25, 0.3) is 11.1 Å². The van der Waals surface area contributed by atoms with E-state index in [0.29, 0.717) is 0 Å². The second kappa shape index (κ2) is 3.51. The summed E-state index contributed by atoms with van der Waals surface area (Å²) in [5.74, 6) is -0.833. The van der Waals surface area contributed by atoms with E-state index in [2.05, 4.69) is 0 Å². The Balaban J connectivity index is 0.000000184. The monoisotopic (exact) mass is 186 g/mol. The molecule has 0 amide bonds. The van der Waals surface area contributed by atoms with Gasteiger partial charge in [0, 0.05) is 12.5 Å². The van der Waals surface area contributed by atoms with Crippen LogP contribution < -0.4 is 0 Å². The van der Waals surface area contributed by atoms with Gasteiger partial charge >= 0.3 is 0 Å². The van der Waals surface area contributed by atoms with Crippen molar-refractivity contribution in [2.45, 2.75) is 13.3 Å². The maximum atomic E-state index is 11.8. The molecule has 2 aliphatic rings. The Morgan fingerprint density at radius 1 is 1.31 bits per heavy atom. The summed E-state index contributed by atoms with van der Waals surface area (Å²) in [6.07, 6.45) is -2.30. The quantitative estimate of drug-likeness (QED) is 0.743. The van der Waals surface area contributed by atoms with Gasteiger partial charge in [0.05, 0.1) is 0 Å². The molecule has 4 heteroatoms. The minimum absolute atomic E-state index is 0.155. The fourth-order valence-corrected chi connectivity index (χ4v) is 0.908. The van der Waals surface area contributed by atoms with E-state index in [1.165, 1.54) is 12.1 Å². The molecular formula is C9H8F2O2. The van der Waals surface area contributed by atoms with Gasteiger partial charge in [-0.05, 0) is 29.3 Å². The molecule has 0 fully saturated rings. The topological polar surface area (TPSA) is 37.3 Å². The molecule has 2 nitrogen and oxygen atoms in total. The predicted octanol–water partition coefficient (Wildman–Crippen LogP) is 2.70. The van der Waals surface area contributed by atoms with Crippen LogP contribution in [0, 0.1) is 0 Å². The van der Waals surface area contributed by atoms with E-state index < -0.39 is 12.4 Å².